The SMILES string of the molecule is CCc1cc2c(Cl)nc(Nc3cccc(F)c3)nc2s1. The first kappa shape index (κ1) is 13.3. The number of hydrogen-bond acceptors (Lipinski definition) is 4. The lowest BCUT2D eigenvalue weighted by molar-refractivity contribution is 0.628. The van der Waals surface area contributed by atoms with Crippen LogP contribution in [0, 0.1) is 5.82 Å². The third-order valence-electron chi connectivity index (χ3n) is 2.83. The van der Waals surface area contributed by atoms with Crippen molar-refractivity contribution in [2.45, 2.75) is 13.3 Å². The van der Waals surface area contributed by atoms with E-state index in [0.29, 0.717) is 16.8 Å². The van der Waals surface area contributed by atoms with Gasteiger partial charge in [-0.15, -0.1) is 11.3 Å². The molecule has 3 rings (SSSR count). The predicted octanol–water partition coefficient (Wildman–Crippen LogP) is 4.79. The van der Waals surface area contributed by atoms with Crippen LogP contribution >= 0.6 is 22.9 Å². The van der Waals surface area contributed by atoms with Gasteiger partial charge in [-0.25, -0.2) is 14.4 Å². The zero-order valence-corrected chi connectivity index (χ0v) is 12.2. The summed E-state index contributed by atoms with van der Waals surface area (Å²) >= 11 is 7.76. The van der Waals surface area contributed by atoms with E-state index in [4.69, 9.17) is 11.6 Å². The van der Waals surface area contributed by atoms with Crippen molar-refractivity contribution in [1.29, 1.82) is 0 Å². The smallest absolute Gasteiger partial charge is 0.230 e. The number of rotatable bonds is 3. The van der Waals surface area contributed by atoms with Crippen molar-refractivity contribution < 1.29 is 4.39 Å². The Labute approximate surface area is 124 Å². The quantitative estimate of drug-likeness (QED) is 0.707. The van der Waals surface area contributed by atoms with Crippen molar-refractivity contribution in [3.63, 3.8) is 0 Å². The highest BCUT2D eigenvalue weighted by molar-refractivity contribution is 7.18. The van der Waals surface area contributed by atoms with Gasteiger partial charge in [0.2, 0.25) is 5.95 Å². The molecule has 0 saturated heterocycles. The highest BCUT2D eigenvalue weighted by Crippen LogP contribution is 2.30. The van der Waals surface area contributed by atoms with E-state index in [0.717, 1.165) is 16.6 Å². The van der Waals surface area contributed by atoms with Gasteiger partial charge in [0.1, 0.15) is 15.8 Å². The first-order chi connectivity index (χ1) is 9.65. The van der Waals surface area contributed by atoms with Gasteiger partial charge in [0.05, 0.1) is 0 Å². The minimum Gasteiger partial charge on any atom is -0.324 e. The van der Waals surface area contributed by atoms with Crippen LogP contribution in [0.15, 0.2) is 30.3 Å². The standard InChI is InChI=1S/C14H11ClFN3S/c1-2-10-7-11-12(15)18-14(19-13(11)20-10)17-9-5-3-4-8(16)6-9/h3-7H,2H2,1H3,(H,17,18,19). The number of anilines is 2. The minimum atomic E-state index is -0.313. The van der Waals surface area contributed by atoms with Crippen molar-refractivity contribution in [2.75, 3.05) is 5.32 Å². The molecule has 0 bridgehead atoms. The molecule has 0 unspecified atom stereocenters. The molecule has 0 aliphatic carbocycles. The third kappa shape index (κ3) is 2.59. The summed E-state index contributed by atoms with van der Waals surface area (Å²) in [6.07, 6.45) is 0.935. The molecule has 1 N–H and O–H groups in total. The molecule has 0 saturated carbocycles. The van der Waals surface area contributed by atoms with Gasteiger partial charge in [-0.05, 0) is 30.7 Å². The molecule has 2 heterocycles. The molecule has 2 aromatic heterocycles. The van der Waals surface area contributed by atoms with Crippen LogP contribution in [0.5, 0.6) is 0 Å². The maximum atomic E-state index is 13.1. The molecule has 20 heavy (non-hydrogen) atoms. The van der Waals surface area contributed by atoms with Crippen molar-refractivity contribution in [1.82, 2.24) is 9.97 Å². The molecule has 3 aromatic rings. The van der Waals surface area contributed by atoms with Crippen LogP contribution in [0.2, 0.25) is 5.15 Å². The second kappa shape index (κ2) is 5.34. The van der Waals surface area contributed by atoms with E-state index in [1.54, 1.807) is 23.5 Å². The Balaban J connectivity index is 1.99. The fraction of sp³-hybridized carbons (Fsp3) is 0.143. The fourth-order valence-corrected chi connectivity index (χ4v) is 3.11. The summed E-state index contributed by atoms with van der Waals surface area (Å²) in [5, 5.41) is 4.23. The van der Waals surface area contributed by atoms with Crippen molar-refractivity contribution in [3.8, 4) is 0 Å². The van der Waals surface area contributed by atoms with E-state index in [-0.39, 0.29) is 5.82 Å². The van der Waals surface area contributed by atoms with E-state index in [1.165, 1.54) is 17.0 Å². The first-order valence-electron chi connectivity index (χ1n) is 6.14. The Bertz CT molecular complexity index is 772. The average Bonchev–Trinajstić information content (AvgIpc) is 2.82. The maximum Gasteiger partial charge on any atom is 0.230 e. The topological polar surface area (TPSA) is 37.8 Å². The highest BCUT2D eigenvalue weighted by Gasteiger charge is 2.10. The Morgan fingerprint density at radius 3 is 2.90 bits per heavy atom. The molecule has 0 aliphatic heterocycles. The van der Waals surface area contributed by atoms with Gasteiger partial charge in [0, 0.05) is 16.0 Å². The number of benzene rings is 1. The van der Waals surface area contributed by atoms with Gasteiger partial charge in [0.15, 0.2) is 0 Å². The Morgan fingerprint density at radius 2 is 2.15 bits per heavy atom. The van der Waals surface area contributed by atoms with E-state index < -0.39 is 0 Å². The van der Waals surface area contributed by atoms with Crippen LogP contribution in [0.25, 0.3) is 10.2 Å². The van der Waals surface area contributed by atoms with Crippen LogP contribution in [0.1, 0.15) is 11.8 Å². The zero-order chi connectivity index (χ0) is 14.1. The number of nitrogens with one attached hydrogen (secondary N) is 1. The van der Waals surface area contributed by atoms with Crippen molar-refractivity contribution in [3.05, 3.63) is 46.2 Å². The predicted molar refractivity (Wildman–Crippen MR) is 81.5 cm³/mol. The number of aryl methyl sites for hydroxylation is 1. The lowest BCUT2D eigenvalue weighted by Crippen LogP contribution is -1.97. The highest BCUT2D eigenvalue weighted by atomic mass is 35.5. The summed E-state index contributed by atoms with van der Waals surface area (Å²) in [6.45, 7) is 2.08. The molecule has 3 nitrogen and oxygen atoms in total. The molecule has 1 aromatic carbocycles. The van der Waals surface area contributed by atoms with Gasteiger partial charge in [-0.1, -0.05) is 24.6 Å². The van der Waals surface area contributed by atoms with E-state index in [2.05, 4.69) is 22.2 Å². The Kier molecular flexibility index (Phi) is 3.54. The molecule has 0 radical (unpaired) electrons. The molecule has 0 fully saturated rings. The van der Waals surface area contributed by atoms with Crippen LogP contribution in [0.4, 0.5) is 16.0 Å². The van der Waals surface area contributed by atoms with Crippen molar-refractivity contribution in [2.24, 2.45) is 0 Å². The number of nitrogens with zero attached hydrogens (tertiary/aromatic N) is 2. The molecule has 0 aliphatic rings. The minimum absolute atomic E-state index is 0.313. The van der Waals surface area contributed by atoms with Gasteiger partial charge >= 0.3 is 0 Å². The van der Waals surface area contributed by atoms with E-state index in [9.17, 15) is 4.39 Å². The van der Waals surface area contributed by atoms with Gasteiger partial charge in [0.25, 0.3) is 0 Å². The molecule has 0 spiro atoms. The van der Waals surface area contributed by atoms with E-state index >= 15 is 0 Å². The fourth-order valence-electron chi connectivity index (χ4n) is 1.86. The molecule has 0 amide bonds. The Morgan fingerprint density at radius 1 is 1.30 bits per heavy atom. The third-order valence-corrected chi connectivity index (χ3v) is 4.29. The second-order valence-electron chi connectivity index (χ2n) is 4.26. The first-order valence-corrected chi connectivity index (χ1v) is 7.33. The monoisotopic (exact) mass is 307 g/mol. The van der Waals surface area contributed by atoms with Crippen LogP contribution in [0.3, 0.4) is 0 Å². The summed E-state index contributed by atoms with van der Waals surface area (Å²) in [7, 11) is 0. The summed E-state index contributed by atoms with van der Waals surface area (Å²) in [5.41, 5.74) is 0.590. The average molecular weight is 308 g/mol. The van der Waals surface area contributed by atoms with Crippen LogP contribution in [-0.4, -0.2) is 9.97 Å². The number of halogens is 2. The zero-order valence-electron chi connectivity index (χ0n) is 10.7. The second-order valence-corrected chi connectivity index (χ2v) is 5.73. The van der Waals surface area contributed by atoms with Crippen LogP contribution in [-0.2, 0) is 6.42 Å². The summed E-state index contributed by atoms with van der Waals surface area (Å²) in [4.78, 5) is 10.7. The lowest BCUT2D eigenvalue weighted by Gasteiger charge is -2.05. The summed E-state index contributed by atoms with van der Waals surface area (Å²) in [6, 6.07) is 8.14. The summed E-state index contributed by atoms with van der Waals surface area (Å²) < 4.78 is 13.1. The number of hydrogen-bond donors (Lipinski definition) is 1. The maximum absolute atomic E-state index is 13.1. The molecule has 102 valence electrons. The van der Waals surface area contributed by atoms with Crippen LogP contribution < -0.4 is 5.32 Å². The summed E-state index contributed by atoms with van der Waals surface area (Å²) in [5.74, 6) is 0.0594. The largest absolute Gasteiger partial charge is 0.324 e. The lowest BCUT2D eigenvalue weighted by atomic mass is 10.3. The van der Waals surface area contributed by atoms with E-state index in [1.807, 2.05) is 6.07 Å². The number of fused-ring (bicyclic) bond motifs is 1. The molecule has 6 heteroatoms. The Hall–Kier alpha value is -1.72. The van der Waals surface area contributed by atoms with Crippen molar-refractivity contribution >= 4 is 44.8 Å². The molecular weight excluding hydrogens is 297 g/mol. The normalized spacial score (nSPS) is 10.9. The number of thiophene rings is 1. The molecular formula is C14H11ClFN3S. The molecule has 0 atom stereocenters. The van der Waals surface area contributed by atoms with Gasteiger partial charge in [-0.2, -0.15) is 0 Å². The van der Waals surface area contributed by atoms with Gasteiger partial charge in [-0.3, -0.25) is 0 Å². The van der Waals surface area contributed by atoms with Gasteiger partial charge < -0.3 is 5.32 Å². The number of aromatic nitrogens is 2.